The van der Waals surface area contributed by atoms with Crippen LogP contribution in [-0.2, 0) is 6.61 Å². The molecule has 0 aromatic heterocycles. The number of hydrogen-bond acceptors (Lipinski definition) is 2. The first-order valence-electron chi connectivity index (χ1n) is 5.64. The van der Waals surface area contributed by atoms with Gasteiger partial charge in [0.15, 0.2) is 17.3 Å². The minimum absolute atomic E-state index is 0.156. The van der Waals surface area contributed by atoms with E-state index < -0.39 is 5.82 Å². The van der Waals surface area contributed by atoms with Crippen LogP contribution in [0.4, 0.5) is 4.39 Å². The molecule has 2 nitrogen and oxygen atoms in total. The first-order valence-corrected chi connectivity index (χ1v) is 5.64. The van der Waals surface area contributed by atoms with E-state index in [2.05, 4.69) is 0 Å². The monoisotopic (exact) mass is 244 g/mol. The zero-order valence-electron chi connectivity index (χ0n) is 10.0. The average Bonchev–Trinajstić information content (AvgIpc) is 2.38. The van der Waals surface area contributed by atoms with Gasteiger partial charge in [0, 0.05) is 5.56 Å². The molecule has 0 bridgehead atoms. The number of benzene rings is 2. The molecular formula is C15H13FO2. The Hall–Kier alpha value is -2.16. The molecule has 0 atom stereocenters. The van der Waals surface area contributed by atoms with Gasteiger partial charge in [0.05, 0.1) is 0 Å². The zero-order valence-corrected chi connectivity index (χ0v) is 10.0. The van der Waals surface area contributed by atoms with Crippen LogP contribution >= 0.6 is 0 Å². The summed E-state index contributed by atoms with van der Waals surface area (Å²) in [5, 5.41) is 0. The minimum Gasteiger partial charge on any atom is -0.486 e. The number of ether oxygens (including phenoxy) is 1. The van der Waals surface area contributed by atoms with Gasteiger partial charge in [-0.15, -0.1) is 0 Å². The Balaban J connectivity index is 2.08. The summed E-state index contributed by atoms with van der Waals surface area (Å²) in [6.07, 6.45) is 0. The third-order valence-electron chi connectivity index (χ3n) is 2.58. The Morgan fingerprint density at radius 3 is 2.50 bits per heavy atom. The Bertz CT molecular complexity index is 550. The SMILES string of the molecule is CC(=O)c1ccc(OCc2ccccc2)c(F)c1. The Morgan fingerprint density at radius 2 is 1.89 bits per heavy atom. The molecule has 2 aromatic carbocycles. The van der Waals surface area contributed by atoms with Gasteiger partial charge in [-0.05, 0) is 30.7 Å². The van der Waals surface area contributed by atoms with Crippen molar-refractivity contribution in [2.45, 2.75) is 13.5 Å². The topological polar surface area (TPSA) is 26.3 Å². The summed E-state index contributed by atoms with van der Waals surface area (Å²) < 4.78 is 19.0. The van der Waals surface area contributed by atoms with Gasteiger partial charge in [0.25, 0.3) is 0 Å². The first kappa shape index (κ1) is 12.3. The predicted octanol–water partition coefficient (Wildman–Crippen LogP) is 3.61. The number of halogens is 1. The summed E-state index contributed by atoms with van der Waals surface area (Å²) in [6, 6.07) is 13.8. The molecule has 0 saturated carbocycles. The summed E-state index contributed by atoms with van der Waals surface area (Å²) in [6.45, 7) is 1.70. The minimum atomic E-state index is -0.515. The van der Waals surface area contributed by atoms with Gasteiger partial charge in [0.1, 0.15) is 6.61 Å². The van der Waals surface area contributed by atoms with E-state index in [9.17, 15) is 9.18 Å². The molecule has 2 aromatic rings. The highest BCUT2D eigenvalue weighted by Gasteiger charge is 2.07. The highest BCUT2D eigenvalue weighted by Crippen LogP contribution is 2.19. The fraction of sp³-hybridized carbons (Fsp3) is 0.133. The van der Waals surface area contributed by atoms with E-state index in [1.54, 1.807) is 6.07 Å². The Labute approximate surface area is 105 Å². The smallest absolute Gasteiger partial charge is 0.165 e. The van der Waals surface area contributed by atoms with E-state index in [0.29, 0.717) is 12.2 Å². The van der Waals surface area contributed by atoms with Crippen molar-refractivity contribution in [1.29, 1.82) is 0 Å². The van der Waals surface area contributed by atoms with E-state index in [-0.39, 0.29) is 11.5 Å². The van der Waals surface area contributed by atoms with Crippen LogP contribution in [0.25, 0.3) is 0 Å². The second kappa shape index (κ2) is 5.45. The average molecular weight is 244 g/mol. The highest BCUT2D eigenvalue weighted by molar-refractivity contribution is 5.94. The van der Waals surface area contributed by atoms with E-state index in [1.165, 1.54) is 19.1 Å². The van der Waals surface area contributed by atoms with Crippen LogP contribution in [0.1, 0.15) is 22.8 Å². The van der Waals surface area contributed by atoms with Gasteiger partial charge in [-0.3, -0.25) is 4.79 Å². The van der Waals surface area contributed by atoms with Crippen LogP contribution in [0.15, 0.2) is 48.5 Å². The number of carbonyl (C=O) groups excluding carboxylic acids is 1. The van der Waals surface area contributed by atoms with Crippen LogP contribution in [0.5, 0.6) is 5.75 Å². The maximum Gasteiger partial charge on any atom is 0.165 e. The van der Waals surface area contributed by atoms with Gasteiger partial charge < -0.3 is 4.74 Å². The maximum atomic E-state index is 13.6. The summed E-state index contributed by atoms with van der Waals surface area (Å²) in [4.78, 5) is 11.1. The first-order chi connectivity index (χ1) is 8.66. The fourth-order valence-electron chi connectivity index (χ4n) is 1.57. The van der Waals surface area contributed by atoms with Crippen molar-refractivity contribution in [2.24, 2.45) is 0 Å². The zero-order chi connectivity index (χ0) is 13.0. The number of hydrogen-bond donors (Lipinski definition) is 0. The lowest BCUT2D eigenvalue weighted by Crippen LogP contribution is -1.99. The lowest BCUT2D eigenvalue weighted by Gasteiger charge is -2.08. The fourth-order valence-corrected chi connectivity index (χ4v) is 1.57. The van der Waals surface area contributed by atoms with Crippen molar-refractivity contribution in [3.8, 4) is 5.75 Å². The molecule has 3 heteroatoms. The lowest BCUT2D eigenvalue weighted by molar-refractivity contribution is 0.101. The molecule has 0 aliphatic carbocycles. The van der Waals surface area contributed by atoms with E-state index in [4.69, 9.17) is 4.74 Å². The van der Waals surface area contributed by atoms with E-state index in [0.717, 1.165) is 5.56 Å². The van der Waals surface area contributed by atoms with Gasteiger partial charge in [-0.2, -0.15) is 0 Å². The van der Waals surface area contributed by atoms with Gasteiger partial charge in [-0.25, -0.2) is 4.39 Å². The van der Waals surface area contributed by atoms with E-state index >= 15 is 0 Å². The summed E-state index contributed by atoms with van der Waals surface area (Å²) in [7, 11) is 0. The normalized spacial score (nSPS) is 10.1. The molecule has 92 valence electrons. The number of ketones is 1. The van der Waals surface area contributed by atoms with Crippen molar-refractivity contribution in [3.05, 3.63) is 65.5 Å². The van der Waals surface area contributed by atoms with Crippen LogP contribution in [0.2, 0.25) is 0 Å². The second-order valence-corrected chi connectivity index (χ2v) is 3.98. The molecule has 0 fully saturated rings. The molecule has 0 amide bonds. The van der Waals surface area contributed by atoms with Crippen LogP contribution < -0.4 is 4.74 Å². The van der Waals surface area contributed by atoms with E-state index in [1.807, 2.05) is 30.3 Å². The quantitative estimate of drug-likeness (QED) is 0.768. The highest BCUT2D eigenvalue weighted by atomic mass is 19.1. The second-order valence-electron chi connectivity index (χ2n) is 3.98. The van der Waals surface area contributed by atoms with Crippen molar-refractivity contribution < 1.29 is 13.9 Å². The lowest BCUT2D eigenvalue weighted by atomic mass is 10.1. The molecule has 0 N–H and O–H groups in total. The van der Waals surface area contributed by atoms with Crippen LogP contribution in [-0.4, -0.2) is 5.78 Å². The summed E-state index contributed by atoms with van der Waals surface area (Å²) in [5.41, 5.74) is 1.31. The van der Waals surface area contributed by atoms with Crippen LogP contribution in [0.3, 0.4) is 0 Å². The summed E-state index contributed by atoms with van der Waals surface area (Å²) >= 11 is 0. The van der Waals surface area contributed by atoms with Crippen molar-refractivity contribution in [1.82, 2.24) is 0 Å². The number of carbonyl (C=O) groups is 1. The third kappa shape index (κ3) is 2.94. The molecule has 0 aliphatic heterocycles. The van der Waals surface area contributed by atoms with Gasteiger partial charge in [0.2, 0.25) is 0 Å². The molecule has 2 rings (SSSR count). The number of Topliss-reactive ketones (excluding diaryl/α,β-unsaturated/α-hetero) is 1. The molecular weight excluding hydrogens is 231 g/mol. The molecule has 0 spiro atoms. The molecule has 18 heavy (non-hydrogen) atoms. The Kier molecular flexibility index (Phi) is 3.72. The molecule has 0 aliphatic rings. The van der Waals surface area contributed by atoms with Crippen molar-refractivity contribution in [2.75, 3.05) is 0 Å². The molecule has 0 saturated heterocycles. The van der Waals surface area contributed by atoms with Crippen molar-refractivity contribution >= 4 is 5.78 Å². The maximum absolute atomic E-state index is 13.6. The van der Waals surface area contributed by atoms with Gasteiger partial charge >= 0.3 is 0 Å². The number of rotatable bonds is 4. The van der Waals surface area contributed by atoms with Crippen molar-refractivity contribution in [3.63, 3.8) is 0 Å². The van der Waals surface area contributed by atoms with Crippen LogP contribution in [0, 0.1) is 5.82 Å². The predicted molar refractivity (Wildman–Crippen MR) is 67.2 cm³/mol. The molecule has 0 radical (unpaired) electrons. The molecule has 0 heterocycles. The standard InChI is InChI=1S/C15H13FO2/c1-11(17)13-7-8-15(14(16)9-13)18-10-12-5-3-2-4-6-12/h2-9H,10H2,1H3. The largest absolute Gasteiger partial charge is 0.486 e. The Morgan fingerprint density at radius 1 is 1.17 bits per heavy atom. The van der Waals surface area contributed by atoms with Gasteiger partial charge in [-0.1, -0.05) is 30.3 Å². The molecule has 0 unspecified atom stereocenters. The summed E-state index contributed by atoms with van der Waals surface area (Å²) in [5.74, 6) is -0.522. The third-order valence-corrected chi connectivity index (χ3v) is 2.58.